The molecule has 0 unspecified atom stereocenters. The molecule has 0 atom stereocenters. The molecule has 1 aliphatic heterocycles. The van der Waals surface area contributed by atoms with Gasteiger partial charge < -0.3 is 15.2 Å². The van der Waals surface area contributed by atoms with E-state index in [-0.39, 0.29) is 44.0 Å². The van der Waals surface area contributed by atoms with E-state index in [1.807, 2.05) is 0 Å². The first kappa shape index (κ1) is 36.9. The van der Waals surface area contributed by atoms with Crippen LogP contribution >= 0.6 is 34.7 Å². The number of carbonyl (C=O) groups is 3. The first-order valence-corrected chi connectivity index (χ1v) is 16.3. The maximum absolute atomic E-state index is 14.3. The molecule has 4 aromatic rings. The quantitative estimate of drug-likeness (QED) is 0.0935. The first-order chi connectivity index (χ1) is 23.4. The van der Waals surface area contributed by atoms with Gasteiger partial charge in [0.15, 0.2) is 0 Å². The molecule has 0 bridgehead atoms. The van der Waals surface area contributed by atoms with Crippen LogP contribution < -0.4 is 20.4 Å². The van der Waals surface area contributed by atoms with Gasteiger partial charge in [-0.2, -0.15) is 5.10 Å². The number of nitrogens with zero attached hydrogens (tertiary/aromatic N) is 5. The molecule has 0 fully saturated rings. The fraction of sp³-hybridized carbons (Fsp3) is 0.233. The van der Waals surface area contributed by atoms with Crippen molar-refractivity contribution in [3.8, 4) is 0 Å². The number of hydrogen-bond acceptors (Lipinski definition) is 10. The minimum absolute atomic E-state index is 0.0605. The van der Waals surface area contributed by atoms with E-state index in [9.17, 15) is 32.3 Å². The second-order valence-electron chi connectivity index (χ2n) is 9.94. The molecule has 3 heterocycles. The van der Waals surface area contributed by atoms with Crippen molar-refractivity contribution in [2.45, 2.75) is 37.8 Å². The number of ether oxygens (including phenoxy) is 1. The zero-order valence-corrected chi connectivity index (χ0v) is 28.1. The molecule has 13 nitrogen and oxygen atoms in total. The summed E-state index contributed by atoms with van der Waals surface area (Å²) >= 11 is 8.17. The summed E-state index contributed by atoms with van der Waals surface area (Å²) in [5.41, 5.74) is 2.24. The Morgan fingerprint density at radius 2 is 1.80 bits per heavy atom. The summed E-state index contributed by atoms with van der Waals surface area (Å²) in [6.07, 6.45) is 3.28. The maximum atomic E-state index is 14.3. The van der Waals surface area contributed by atoms with Crippen molar-refractivity contribution < 1.29 is 37.4 Å². The van der Waals surface area contributed by atoms with E-state index in [1.54, 1.807) is 9.36 Å². The van der Waals surface area contributed by atoms with Gasteiger partial charge in [0, 0.05) is 35.9 Å². The predicted molar refractivity (Wildman–Crippen MR) is 177 cm³/mol. The van der Waals surface area contributed by atoms with E-state index in [1.165, 1.54) is 38.4 Å². The molecule has 5 rings (SSSR count). The minimum atomic E-state index is -1.19. The lowest BCUT2D eigenvalue weighted by Crippen LogP contribution is -2.31. The molecule has 0 saturated heterocycles. The Morgan fingerprint density at radius 3 is 2.47 bits per heavy atom. The van der Waals surface area contributed by atoms with E-state index in [4.69, 9.17) is 16.7 Å². The molecule has 0 aliphatic carbocycles. The van der Waals surface area contributed by atoms with Crippen LogP contribution in [-0.4, -0.2) is 56.0 Å². The fourth-order valence-corrected chi connectivity index (χ4v) is 6.26. The molecule has 19 heteroatoms. The highest BCUT2D eigenvalue weighted by Gasteiger charge is 2.16. The van der Waals surface area contributed by atoms with Crippen molar-refractivity contribution in [1.29, 1.82) is 0 Å². The van der Waals surface area contributed by atoms with Crippen LogP contribution in [0.4, 0.5) is 29.3 Å². The standard InChI is InChI=1S/C15H15ClFN3O3S2.C15H12F2N4O3/c1-23-13(21)8-24-12-7-11(10(17)6-9(12)16)18-14-19-4-2-3-5-20(19)15(22)25-14;1-8(13-12(14(22)23)3-2-4-18-13)20-21-15(24)19-11-6-9(16)5-10(17)7-11/h6-7H,2-5,8H2,1H3;2-7H,1H3,(H,22,23)(H2,19,21,24)/b18-14-;20-8+. The number of hydrazone groups is 1. The van der Waals surface area contributed by atoms with Crippen LogP contribution in [-0.2, 0) is 22.6 Å². The number of urea groups is 1. The van der Waals surface area contributed by atoms with Gasteiger partial charge in [0.05, 0.1) is 29.2 Å². The minimum Gasteiger partial charge on any atom is -0.478 e. The number of carboxylic acids is 1. The van der Waals surface area contributed by atoms with Crippen LogP contribution in [0.3, 0.4) is 0 Å². The van der Waals surface area contributed by atoms with Crippen molar-refractivity contribution in [1.82, 2.24) is 19.8 Å². The van der Waals surface area contributed by atoms with Crippen LogP contribution in [0, 0.1) is 17.5 Å². The van der Waals surface area contributed by atoms with Crippen LogP contribution in [0.15, 0.2) is 68.4 Å². The largest absolute Gasteiger partial charge is 0.478 e. The lowest BCUT2D eigenvalue weighted by atomic mass is 10.1. The molecule has 2 aromatic carbocycles. The topological polar surface area (TPSA) is 169 Å². The van der Waals surface area contributed by atoms with Gasteiger partial charge >= 0.3 is 22.8 Å². The van der Waals surface area contributed by atoms with E-state index in [0.717, 1.165) is 54.1 Å². The van der Waals surface area contributed by atoms with Gasteiger partial charge in [-0.15, -0.1) is 11.8 Å². The highest BCUT2D eigenvalue weighted by Crippen LogP contribution is 2.33. The third-order valence-electron chi connectivity index (χ3n) is 6.51. The molecular formula is C30H27ClF3N7O6S2. The molecule has 2 amide bonds. The number of carboxylic acid groups (broad SMARTS) is 1. The summed E-state index contributed by atoms with van der Waals surface area (Å²) in [6, 6.07) is 7.12. The number of methoxy groups -OCH3 is 1. The number of nitrogens with one attached hydrogen (secondary N) is 2. The van der Waals surface area contributed by atoms with Gasteiger partial charge in [-0.3, -0.25) is 19.3 Å². The number of benzene rings is 2. The molecule has 0 radical (unpaired) electrons. The van der Waals surface area contributed by atoms with Crippen molar-refractivity contribution in [2.75, 3.05) is 18.2 Å². The summed E-state index contributed by atoms with van der Waals surface area (Å²) < 4.78 is 48.3. The lowest BCUT2D eigenvalue weighted by molar-refractivity contribution is -0.137. The monoisotopic (exact) mass is 737 g/mol. The molecule has 2 aromatic heterocycles. The zero-order chi connectivity index (χ0) is 35.7. The number of anilines is 1. The number of fused-ring (bicyclic) bond motifs is 1. The van der Waals surface area contributed by atoms with E-state index >= 15 is 0 Å². The number of pyridine rings is 1. The lowest BCUT2D eigenvalue weighted by Gasteiger charge is -2.15. The van der Waals surface area contributed by atoms with Gasteiger partial charge in [-0.25, -0.2) is 37.9 Å². The number of amides is 2. The summed E-state index contributed by atoms with van der Waals surface area (Å²) in [6.45, 7) is 2.78. The molecular weight excluding hydrogens is 711 g/mol. The number of hydrogen-bond donors (Lipinski definition) is 3. The Labute approximate surface area is 289 Å². The van der Waals surface area contributed by atoms with E-state index in [0.29, 0.717) is 28.9 Å². The van der Waals surface area contributed by atoms with E-state index < -0.39 is 35.4 Å². The van der Waals surface area contributed by atoms with Gasteiger partial charge in [0.1, 0.15) is 28.8 Å². The fourth-order valence-electron chi connectivity index (χ4n) is 4.27. The number of thioether (sulfide) groups is 1. The summed E-state index contributed by atoms with van der Waals surface area (Å²) in [4.78, 5) is 55.2. The number of aromatic nitrogens is 3. The Balaban J connectivity index is 0.000000221. The SMILES string of the molecule is C/C(=N\NC(=O)Nc1cc(F)cc(F)c1)c1ncccc1C(=O)O.COC(=O)CSc1cc(/N=c2\sc(=O)n3n2CCCC3)c(F)cc1Cl. The normalized spacial score (nSPS) is 12.8. The second kappa shape index (κ2) is 16.9. The summed E-state index contributed by atoms with van der Waals surface area (Å²) in [7, 11) is 1.30. The molecule has 0 saturated carbocycles. The van der Waals surface area contributed by atoms with Crippen LogP contribution in [0.2, 0.25) is 5.02 Å². The average molecular weight is 738 g/mol. The van der Waals surface area contributed by atoms with Crippen molar-refractivity contribution in [2.24, 2.45) is 10.1 Å². The van der Waals surface area contributed by atoms with Gasteiger partial charge in [0.25, 0.3) is 0 Å². The zero-order valence-electron chi connectivity index (χ0n) is 25.7. The van der Waals surface area contributed by atoms with Crippen molar-refractivity contribution in [3.63, 3.8) is 0 Å². The number of halogens is 4. The molecule has 3 N–H and O–H groups in total. The highest BCUT2D eigenvalue weighted by atomic mass is 35.5. The van der Waals surface area contributed by atoms with Crippen LogP contribution in [0.1, 0.15) is 35.8 Å². The smallest absolute Gasteiger partial charge is 0.339 e. The molecule has 0 spiro atoms. The predicted octanol–water partition coefficient (Wildman–Crippen LogP) is 5.40. The van der Waals surface area contributed by atoms with Crippen molar-refractivity contribution >= 4 is 69.8 Å². The van der Waals surface area contributed by atoms with Crippen LogP contribution in [0.25, 0.3) is 0 Å². The average Bonchev–Trinajstić information content (AvgIpc) is 3.38. The van der Waals surface area contributed by atoms with Gasteiger partial charge in [-0.05, 0) is 67.5 Å². The number of rotatable bonds is 8. The Bertz CT molecular complexity index is 2030. The molecule has 49 heavy (non-hydrogen) atoms. The Hall–Kier alpha value is -4.94. The third kappa shape index (κ3) is 10.0. The maximum Gasteiger partial charge on any atom is 0.339 e. The number of esters is 1. The van der Waals surface area contributed by atoms with E-state index in [2.05, 4.69) is 30.6 Å². The van der Waals surface area contributed by atoms with Gasteiger partial charge in [-0.1, -0.05) is 11.6 Å². The van der Waals surface area contributed by atoms with Crippen LogP contribution in [0.5, 0.6) is 0 Å². The third-order valence-corrected chi connectivity index (χ3v) is 8.83. The first-order valence-electron chi connectivity index (χ1n) is 14.2. The molecule has 258 valence electrons. The Kier molecular flexibility index (Phi) is 12.8. The second-order valence-corrected chi connectivity index (χ2v) is 12.3. The van der Waals surface area contributed by atoms with Gasteiger partial charge in [0.2, 0.25) is 4.80 Å². The highest BCUT2D eigenvalue weighted by molar-refractivity contribution is 8.00. The van der Waals surface area contributed by atoms with Crippen molar-refractivity contribution in [3.05, 3.63) is 96.9 Å². The number of aromatic carboxylic acids is 1. The Morgan fingerprint density at radius 1 is 1.10 bits per heavy atom. The number of carbonyl (C=O) groups excluding carboxylic acids is 2. The summed E-state index contributed by atoms with van der Waals surface area (Å²) in [5, 5.41) is 15.2. The summed E-state index contributed by atoms with van der Waals surface area (Å²) in [5.74, 6) is -3.80. The molecule has 1 aliphatic rings.